The Balaban J connectivity index is 0.000000238. The van der Waals surface area contributed by atoms with Crippen molar-refractivity contribution < 1.29 is 49.1 Å². The van der Waals surface area contributed by atoms with E-state index in [2.05, 4.69) is 0 Å². The van der Waals surface area contributed by atoms with E-state index in [1.165, 1.54) is 0 Å². The Morgan fingerprint density at radius 2 is 0.841 bits per heavy atom. The molecule has 228 valence electrons. The molecule has 1 aliphatic rings. The number of aliphatic hydroxyl groups is 2. The summed E-state index contributed by atoms with van der Waals surface area (Å²) < 4.78 is 10.7. The molecule has 1 aliphatic carbocycles. The van der Waals surface area contributed by atoms with Crippen LogP contribution in [-0.4, -0.2) is 68.7 Å². The summed E-state index contributed by atoms with van der Waals surface area (Å²) in [6.07, 6.45) is -3.79. The van der Waals surface area contributed by atoms with Gasteiger partial charge < -0.3 is 29.9 Å². The summed E-state index contributed by atoms with van der Waals surface area (Å²) in [7, 11) is 0. The van der Waals surface area contributed by atoms with Crippen LogP contribution in [0.4, 0.5) is 0 Å². The first-order valence-electron chi connectivity index (χ1n) is 13.6. The summed E-state index contributed by atoms with van der Waals surface area (Å²) in [5, 5.41) is 37.0. The molecule has 10 heteroatoms. The molecule has 0 aliphatic heterocycles. The minimum absolute atomic E-state index is 0.0825. The number of benzene rings is 4. The predicted octanol–water partition coefficient (Wildman–Crippen LogP) is 4.72. The lowest BCUT2D eigenvalue weighted by molar-refractivity contribution is -0.123. The minimum Gasteiger partial charge on any atom is -0.478 e. The van der Waals surface area contributed by atoms with Gasteiger partial charge >= 0.3 is 23.9 Å². The largest absolute Gasteiger partial charge is 0.478 e. The molecule has 1 saturated carbocycles. The summed E-state index contributed by atoms with van der Waals surface area (Å²) in [5.41, 5.74) is 1.40. The number of carbonyl (C=O) groups excluding carboxylic acids is 2. The Hall–Kier alpha value is -5.32. The average molecular weight is 601 g/mol. The summed E-state index contributed by atoms with van der Waals surface area (Å²) >= 11 is 0. The van der Waals surface area contributed by atoms with Gasteiger partial charge in [0.05, 0.1) is 28.4 Å². The van der Waals surface area contributed by atoms with Gasteiger partial charge in [0.1, 0.15) is 18.3 Å². The average Bonchev–Trinajstić information content (AvgIpc) is 3.05. The second-order valence-corrected chi connectivity index (χ2v) is 9.57. The van der Waals surface area contributed by atoms with E-state index in [4.69, 9.17) is 19.7 Å². The van der Waals surface area contributed by atoms with Crippen LogP contribution in [0.15, 0.2) is 121 Å². The summed E-state index contributed by atoms with van der Waals surface area (Å²) in [5.74, 6) is -2.88. The third kappa shape index (κ3) is 10.5. The third-order valence-corrected chi connectivity index (χ3v) is 6.37. The molecular formula is C34H32O10. The van der Waals surface area contributed by atoms with Crippen molar-refractivity contribution in [2.24, 2.45) is 0 Å². The molecule has 0 heterocycles. The van der Waals surface area contributed by atoms with Crippen LogP contribution in [-0.2, 0) is 9.47 Å². The number of hydrogen-bond donors (Lipinski definition) is 4. The number of aliphatic hydroxyl groups excluding tert-OH is 2. The minimum atomic E-state index is -1.23. The Morgan fingerprint density at radius 3 is 1.18 bits per heavy atom. The number of carboxylic acids is 2. The number of rotatable bonds is 6. The van der Waals surface area contributed by atoms with Gasteiger partial charge in [-0.1, -0.05) is 72.8 Å². The van der Waals surface area contributed by atoms with Gasteiger partial charge in [0.25, 0.3) is 0 Å². The quantitative estimate of drug-likeness (QED) is 0.227. The van der Waals surface area contributed by atoms with E-state index in [0.29, 0.717) is 22.3 Å². The first-order valence-corrected chi connectivity index (χ1v) is 13.6. The molecule has 10 nitrogen and oxygen atoms in total. The summed E-state index contributed by atoms with van der Waals surface area (Å²) in [6, 6.07) is 33.5. The van der Waals surface area contributed by atoms with E-state index in [-0.39, 0.29) is 12.8 Å². The number of aromatic carboxylic acids is 2. The highest BCUT2D eigenvalue weighted by Crippen LogP contribution is 2.26. The maximum absolute atomic E-state index is 12.2. The predicted molar refractivity (Wildman–Crippen MR) is 159 cm³/mol. The number of ether oxygens (including phenoxy) is 2. The van der Waals surface area contributed by atoms with Crippen molar-refractivity contribution in [3.8, 4) is 0 Å². The van der Waals surface area contributed by atoms with E-state index in [9.17, 15) is 29.4 Å². The molecule has 4 atom stereocenters. The van der Waals surface area contributed by atoms with Crippen LogP contribution in [0.5, 0.6) is 0 Å². The molecule has 44 heavy (non-hydrogen) atoms. The fourth-order valence-corrected chi connectivity index (χ4v) is 4.10. The molecule has 5 rings (SSSR count). The first kappa shape index (κ1) is 33.2. The Kier molecular flexibility index (Phi) is 12.8. The van der Waals surface area contributed by atoms with Crippen molar-refractivity contribution in [3.63, 3.8) is 0 Å². The van der Waals surface area contributed by atoms with Crippen LogP contribution in [0.1, 0.15) is 54.3 Å². The SMILES string of the molecule is O=C(O)c1ccccc1.O=C(O)c1ccccc1.O=C(O[C@@H]1C[C@H](O)[C@H](O)[C@H](OC(=O)c2ccccc2)C1)c1ccccc1. The van der Waals surface area contributed by atoms with E-state index in [1.54, 1.807) is 121 Å². The third-order valence-electron chi connectivity index (χ3n) is 6.37. The number of carboxylic acid groups (broad SMARTS) is 2. The van der Waals surface area contributed by atoms with Crippen LogP contribution in [0.2, 0.25) is 0 Å². The molecule has 0 unspecified atom stereocenters. The lowest BCUT2D eigenvalue weighted by atomic mass is 9.89. The number of hydrogen-bond acceptors (Lipinski definition) is 8. The highest BCUT2D eigenvalue weighted by Gasteiger charge is 2.40. The van der Waals surface area contributed by atoms with Crippen molar-refractivity contribution in [3.05, 3.63) is 144 Å². The van der Waals surface area contributed by atoms with E-state index < -0.39 is 48.3 Å². The van der Waals surface area contributed by atoms with Crippen molar-refractivity contribution in [1.29, 1.82) is 0 Å². The van der Waals surface area contributed by atoms with Crippen molar-refractivity contribution >= 4 is 23.9 Å². The molecule has 0 aromatic heterocycles. The summed E-state index contributed by atoms with van der Waals surface area (Å²) in [4.78, 5) is 44.8. The Bertz CT molecular complexity index is 1430. The molecular weight excluding hydrogens is 568 g/mol. The highest BCUT2D eigenvalue weighted by molar-refractivity contribution is 5.90. The second kappa shape index (κ2) is 17.0. The molecule has 4 aromatic rings. The van der Waals surface area contributed by atoms with Crippen LogP contribution in [0.25, 0.3) is 0 Å². The summed E-state index contributed by atoms with van der Waals surface area (Å²) in [6.45, 7) is 0. The molecule has 4 N–H and O–H groups in total. The molecule has 0 bridgehead atoms. The van der Waals surface area contributed by atoms with Gasteiger partial charge in [0.2, 0.25) is 0 Å². The van der Waals surface area contributed by atoms with Gasteiger partial charge in [0, 0.05) is 12.8 Å². The lowest BCUT2D eigenvalue weighted by Crippen LogP contribution is -2.49. The zero-order valence-corrected chi connectivity index (χ0v) is 23.5. The van der Waals surface area contributed by atoms with Gasteiger partial charge in [-0.3, -0.25) is 0 Å². The Morgan fingerprint density at radius 1 is 0.500 bits per heavy atom. The fraction of sp³-hybridized carbons (Fsp3) is 0.176. The maximum Gasteiger partial charge on any atom is 0.338 e. The molecule has 0 spiro atoms. The zero-order chi connectivity index (χ0) is 31.9. The first-order chi connectivity index (χ1) is 21.2. The standard InChI is InChI=1S/C20H20O6.2C7H6O2/c21-16-11-15(25-19(23)13-7-3-1-4-8-13)12-17(18(16)22)26-20(24)14-9-5-2-6-10-14;2*8-7(9)6-4-2-1-3-5-6/h1-10,15-18,21-22H,11-12H2;2*1-5H,(H,8,9)/t15-,16+,17-,18+;;/m1../s1. The van der Waals surface area contributed by atoms with Crippen LogP contribution >= 0.6 is 0 Å². The lowest BCUT2D eigenvalue weighted by Gasteiger charge is -2.35. The van der Waals surface area contributed by atoms with Crippen LogP contribution < -0.4 is 0 Å². The van der Waals surface area contributed by atoms with Gasteiger partial charge in [-0.15, -0.1) is 0 Å². The molecule has 0 radical (unpaired) electrons. The highest BCUT2D eigenvalue weighted by atomic mass is 16.6. The topological polar surface area (TPSA) is 168 Å². The van der Waals surface area contributed by atoms with Crippen LogP contribution in [0.3, 0.4) is 0 Å². The number of esters is 2. The van der Waals surface area contributed by atoms with Gasteiger partial charge in [-0.25, -0.2) is 19.2 Å². The van der Waals surface area contributed by atoms with Crippen molar-refractivity contribution in [1.82, 2.24) is 0 Å². The monoisotopic (exact) mass is 600 g/mol. The van der Waals surface area contributed by atoms with E-state index in [1.807, 2.05) is 0 Å². The normalized spacial score (nSPS) is 18.6. The molecule has 0 saturated heterocycles. The van der Waals surface area contributed by atoms with Gasteiger partial charge in [0.15, 0.2) is 0 Å². The van der Waals surface area contributed by atoms with E-state index in [0.717, 1.165) is 0 Å². The number of carbonyl (C=O) groups is 4. The zero-order valence-electron chi connectivity index (χ0n) is 23.5. The molecule has 4 aromatic carbocycles. The maximum atomic E-state index is 12.2. The fourth-order valence-electron chi connectivity index (χ4n) is 4.10. The second-order valence-electron chi connectivity index (χ2n) is 9.57. The smallest absolute Gasteiger partial charge is 0.338 e. The molecule has 0 amide bonds. The van der Waals surface area contributed by atoms with Crippen LogP contribution in [0, 0.1) is 0 Å². The Labute approximate surface area is 253 Å². The molecule has 1 fully saturated rings. The van der Waals surface area contributed by atoms with Gasteiger partial charge in [-0.05, 0) is 48.5 Å². The van der Waals surface area contributed by atoms with E-state index >= 15 is 0 Å². The van der Waals surface area contributed by atoms with Gasteiger partial charge in [-0.2, -0.15) is 0 Å². The van der Waals surface area contributed by atoms with Crippen molar-refractivity contribution in [2.45, 2.75) is 37.3 Å². The van der Waals surface area contributed by atoms with Crippen molar-refractivity contribution in [2.75, 3.05) is 0 Å².